The molecule has 2 aromatic rings. The summed E-state index contributed by atoms with van der Waals surface area (Å²) < 4.78 is 0. The molecule has 8 nitrogen and oxygen atoms in total. The van der Waals surface area contributed by atoms with Crippen molar-refractivity contribution in [2.24, 2.45) is 4.99 Å². The van der Waals surface area contributed by atoms with Crippen molar-refractivity contribution in [3.8, 4) is 0 Å². The summed E-state index contributed by atoms with van der Waals surface area (Å²) in [7, 11) is 0. The van der Waals surface area contributed by atoms with Gasteiger partial charge in [-0.25, -0.2) is 0 Å². The van der Waals surface area contributed by atoms with Crippen molar-refractivity contribution in [1.82, 2.24) is 20.1 Å². The van der Waals surface area contributed by atoms with Crippen LogP contribution in [0.1, 0.15) is 48.4 Å². The Morgan fingerprint density at radius 2 is 1.95 bits per heavy atom. The van der Waals surface area contributed by atoms with Crippen LogP contribution < -0.4 is 16.2 Å². The molecule has 5 heterocycles. The van der Waals surface area contributed by atoms with E-state index in [0.717, 1.165) is 49.2 Å². The fourth-order valence-corrected chi connectivity index (χ4v) is 7.24. The van der Waals surface area contributed by atoms with Gasteiger partial charge in [0.15, 0.2) is 0 Å². The third kappa shape index (κ3) is 5.47. The SMILES string of the molecule is CCc1ccc(CC(C)Nc2cc[nH]c(=O)c2C2=NC3C=C4CN(CCCN5CCCC5)C(=O)C4=CC3N2)s1. The van der Waals surface area contributed by atoms with Crippen molar-refractivity contribution in [2.75, 3.05) is 38.0 Å². The molecule has 3 unspecified atom stereocenters. The van der Waals surface area contributed by atoms with Gasteiger partial charge in [-0.05, 0) is 82.1 Å². The van der Waals surface area contributed by atoms with Crippen LogP contribution in [0.3, 0.4) is 0 Å². The van der Waals surface area contributed by atoms with Gasteiger partial charge in [-0.15, -0.1) is 11.3 Å². The molecule has 0 radical (unpaired) electrons. The van der Waals surface area contributed by atoms with Crippen LogP contribution in [0, 0.1) is 0 Å². The van der Waals surface area contributed by atoms with Gasteiger partial charge in [0, 0.05) is 47.1 Å². The number of amidine groups is 1. The van der Waals surface area contributed by atoms with E-state index in [1.165, 1.54) is 35.7 Å². The lowest BCUT2D eigenvalue weighted by atomic mass is 9.94. The highest BCUT2D eigenvalue weighted by Gasteiger charge is 2.39. The third-order valence-electron chi connectivity index (χ3n) is 8.17. The number of amides is 1. The number of aromatic nitrogens is 1. The first-order valence-electron chi connectivity index (χ1n) is 14.3. The Bertz CT molecular complexity index is 1380. The maximum atomic E-state index is 13.2. The number of nitrogens with one attached hydrogen (secondary N) is 3. The molecule has 9 heteroatoms. The number of aromatic amines is 1. The number of hydrogen-bond acceptors (Lipinski definition) is 7. The minimum Gasteiger partial charge on any atom is -0.381 e. The van der Waals surface area contributed by atoms with Crippen LogP contribution in [0.4, 0.5) is 5.69 Å². The molecule has 206 valence electrons. The van der Waals surface area contributed by atoms with Crippen LogP contribution in [0.15, 0.2) is 57.5 Å². The normalized spacial score (nSPS) is 23.2. The Morgan fingerprint density at radius 3 is 2.74 bits per heavy atom. The molecule has 1 aliphatic carbocycles. The fourth-order valence-electron chi connectivity index (χ4n) is 6.15. The summed E-state index contributed by atoms with van der Waals surface area (Å²) in [6, 6.07) is 6.19. The number of H-pyrrole nitrogens is 1. The second kappa shape index (κ2) is 11.1. The number of pyridine rings is 1. The highest BCUT2D eigenvalue weighted by atomic mass is 32.1. The van der Waals surface area contributed by atoms with E-state index in [1.807, 2.05) is 28.4 Å². The molecular formula is C30H38N6O2S. The van der Waals surface area contributed by atoms with Crippen molar-refractivity contribution in [2.45, 2.75) is 64.1 Å². The van der Waals surface area contributed by atoms with E-state index in [9.17, 15) is 9.59 Å². The second-order valence-electron chi connectivity index (χ2n) is 11.1. The van der Waals surface area contributed by atoms with Crippen LogP contribution in [0.25, 0.3) is 0 Å². The molecule has 0 aromatic carbocycles. The molecule has 39 heavy (non-hydrogen) atoms. The Hall–Kier alpha value is -3.17. The summed E-state index contributed by atoms with van der Waals surface area (Å²) in [5.74, 6) is 0.694. The zero-order valence-corrected chi connectivity index (χ0v) is 23.7. The first-order valence-corrected chi connectivity index (χ1v) is 15.1. The summed E-state index contributed by atoms with van der Waals surface area (Å²) in [6.07, 6.45) is 11.3. The average Bonchev–Trinajstić information content (AvgIpc) is 3.71. The van der Waals surface area contributed by atoms with E-state index in [4.69, 9.17) is 4.99 Å². The predicted molar refractivity (Wildman–Crippen MR) is 158 cm³/mol. The first kappa shape index (κ1) is 26.1. The lowest BCUT2D eigenvalue weighted by Gasteiger charge is -2.19. The summed E-state index contributed by atoms with van der Waals surface area (Å²) in [4.78, 5) is 41.1. The third-order valence-corrected chi connectivity index (χ3v) is 9.42. The largest absolute Gasteiger partial charge is 0.381 e. The van der Waals surface area contributed by atoms with Gasteiger partial charge in [0.25, 0.3) is 11.5 Å². The molecule has 1 amide bonds. The number of hydrogen-bond donors (Lipinski definition) is 3. The Balaban J connectivity index is 1.14. The van der Waals surface area contributed by atoms with Gasteiger partial charge < -0.3 is 25.4 Å². The zero-order valence-electron chi connectivity index (χ0n) is 22.8. The number of carbonyl (C=O) groups is 1. The molecule has 2 aromatic heterocycles. The second-order valence-corrected chi connectivity index (χ2v) is 12.4. The quantitative estimate of drug-likeness (QED) is 0.425. The van der Waals surface area contributed by atoms with E-state index in [2.05, 4.69) is 52.6 Å². The lowest BCUT2D eigenvalue weighted by molar-refractivity contribution is -0.124. The van der Waals surface area contributed by atoms with E-state index in [0.29, 0.717) is 17.9 Å². The summed E-state index contributed by atoms with van der Waals surface area (Å²) in [5.41, 5.74) is 2.96. The molecule has 2 saturated heterocycles. The average molecular weight is 547 g/mol. The van der Waals surface area contributed by atoms with Crippen molar-refractivity contribution in [3.63, 3.8) is 0 Å². The molecule has 0 spiro atoms. The zero-order chi connectivity index (χ0) is 26.9. The smallest absolute Gasteiger partial charge is 0.261 e. The number of carbonyl (C=O) groups excluding carboxylic acids is 1. The number of thiophene rings is 1. The number of rotatable bonds is 10. The van der Waals surface area contributed by atoms with Crippen LogP contribution >= 0.6 is 11.3 Å². The number of nitrogens with zero attached hydrogens (tertiary/aromatic N) is 3. The van der Waals surface area contributed by atoms with Gasteiger partial charge in [-0.2, -0.15) is 0 Å². The first-order chi connectivity index (χ1) is 19.0. The van der Waals surface area contributed by atoms with Crippen molar-refractivity contribution in [1.29, 1.82) is 0 Å². The molecule has 0 saturated carbocycles. The van der Waals surface area contributed by atoms with Gasteiger partial charge >= 0.3 is 0 Å². The molecule has 0 bridgehead atoms. The number of aliphatic imine (C=N–C) groups is 1. The van der Waals surface area contributed by atoms with E-state index in [1.54, 1.807) is 6.20 Å². The summed E-state index contributed by atoms with van der Waals surface area (Å²) in [6.45, 7) is 9.20. The van der Waals surface area contributed by atoms with Gasteiger partial charge in [-0.1, -0.05) is 13.0 Å². The van der Waals surface area contributed by atoms with E-state index in [-0.39, 0.29) is 29.6 Å². The topological polar surface area (TPSA) is 92.8 Å². The number of fused-ring (bicyclic) bond motifs is 2. The van der Waals surface area contributed by atoms with E-state index < -0.39 is 0 Å². The van der Waals surface area contributed by atoms with Crippen LogP contribution in [-0.4, -0.2) is 77.4 Å². The summed E-state index contributed by atoms with van der Waals surface area (Å²) >= 11 is 1.85. The Morgan fingerprint density at radius 1 is 1.13 bits per heavy atom. The highest BCUT2D eigenvalue weighted by Crippen LogP contribution is 2.32. The van der Waals surface area contributed by atoms with Gasteiger partial charge in [0.1, 0.15) is 11.4 Å². The van der Waals surface area contributed by atoms with Gasteiger partial charge in [-0.3, -0.25) is 14.6 Å². The minimum atomic E-state index is -0.178. The molecule has 3 aliphatic heterocycles. The fraction of sp³-hybridized carbons (Fsp3) is 0.500. The van der Waals surface area contributed by atoms with Crippen LogP contribution in [-0.2, 0) is 17.6 Å². The highest BCUT2D eigenvalue weighted by molar-refractivity contribution is 7.12. The molecule has 2 fully saturated rings. The standard InChI is InChI=1S/C30H38N6O2S/c1-3-21-7-8-22(39-21)15-19(2)32-24-9-10-31-29(37)27(24)28-33-25-16-20-18-36(14-6-13-35-11-4-5-12-35)30(38)23(20)17-26(25)34-28/h7-10,16-17,19,25-26H,3-6,11-15,18H2,1-2H3,(H,33,34)(H2,31,32,37). The van der Waals surface area contributed by atoms with Crippen molar-refractivity contribution < 1.29 is 4.79 Å². The van der Waals surface area contributed by atoms with E-state index >= 15 is 0 Å². The van der Waals surface area contributed by atoms with Crippen molar-refractivity contribution in [3.05, 3.63) is 73.4 Å². The number of anilines is 1. The maximum absolute atomic E-state index is 13.2. The number of likely N-dealkylation sites (tertiary alicyclic amines) is 2. The minimum absolute atomic E-state index is 0.116. The molecule has 3 atom stereocenters. The van der Waals surface area contributed by atoms with Gasteiger partial charge in [0.05, 0.1) is 17.8 Å². The van der Waals surface area contributed by atoms with Gasteiger partial charge in [0.2, 0.25) is 0 Å². The number of aryl methyl sites for hydroxylation is 1. The molecular weight excluding hydrogens is 508 g/mol. The van der Waals surface area contributed by atoms with Crippen molar-refractivity contribution >= 4 is 28.8 Å². The predicted octanol–water partition coefficient (Wildman–Crippen LogP) is 3.32. The molecule has 6 rings (SSSR count). The maximum Gasteiger partial charge on any atom is 0.261 e. The molecule has 3 N–H and O–H groups in total. The Kier molecular flexibility index (Phi) is 7.44. The molecule has 4 aliphatic rings. The lowest BCUT2D eigenvalue weighted by Crippen LogP contribution is -2.37. The van der Waals surface area contributed by atoms with Crippen LogP contribution in [0.2, 0.25) is 0 Å². The monoisotopic (exact) mass is 546 g/mol. The Labute approximate surface area is 233 Å². The summed E-state index contributed by atoms with van der Waals surface area (Å²) in [5, 5.41) is 6.99. The van der Waals surface area contributed by atoms with Crippen LogP contribution in [0.5, 0.6) is 0 Å².